The number of hydrogen-bond donors (Lipinski definition) is 1. The molecule has 25 heavy (non-hydrogen) atoms. The molecule has 0 aromatic heterocycles. The molecule has 1 heterocycles. The molecule has 3 rings (SSSR count). The number of anilines is 1. The van der Waals surface area contributed by atoms with Gasteiger partial charge in [-0.1, -0.05) is 30.2 Å². The number of nitrogens with zero attached hydrogens (tertiary/aromatic N) is 1. The third-order valence-electron chi connectivity index (χ3n) is 4.64. The first-order chi connectivity index (χ1) is 12.2. The maximum absolute atomic E-state index is 12.7. The molecule has 5 heteroatoms. The first kappa shape index (κ1) is 17.6. The lowest BCUT2D eigenvalue weighted by Crippen LogP contribution is -2.37. The fourth-order valence-corrected chi connectivity index (χ4v) is 3.34. The lowest BCUT2D eigenvalue weighted by Gasteiger charge is -2.25. The number of ether oxygens (including phenoxy) is 1. The summed E-state index contributed by atoms with van der Waals surface area (Å²) in [5.74, 6) is 1.12. The van der Waals surface area contributed by atoms with E-state index in [-0.39, 0.29) is 6.03 Å². The van der Waals surface area contributed by atoms with Crippen molar-refractivity contribution < 1.29 is 9.53 Å². The van der Waals surface area contributed by atoms with Gasteiger partial charge in [-0.2, -0.15) is 0 Å². The highest BCUT2D eigenvalue weighted by Gasteiger charge is 2.23. The van der Waals surface area contributed by atoms with Gasteiger partial charge in [0.05, 0.1) is 7.11 Å². The number of benzene rings is 2. The molecule has 1 N–H and O–H groups in total. The normalized spacial score (nSPS) is 17.7. The number of amides is 2. The van der Waals surface area contributed by atoms with Crippen molar-refractivity contribution >= 4 is 23.3 Å². The minimum atomic E-state index is -0.0500. The highest BCUT2D eigenvalue weighted by molar-refractivity contribution is 6.30. The Hall–Kier alpha value is -2.20. The number of carbonyl (C=O) groups excluding carboxylic acids is 1. The minimum Gasteiger partial charge on any atom is -0.497 e. The van der Waals surface area contributed by atoms with Crippen LogP contribution in [0.4, 0.5) is 10.5 Å². The van der Waals surface area contributed by atoms with E-state index in [2.05, 4.69) is 17.4 Å². The number of nitrogens with one attached hydrogen (secondary N) is 1. The van der Waals surface area contributed by atoms with Gasteiger partial charge < -0.3 is 15.0 Å². The lowest BCUT2D eigenvalue weighted by atomic mass is 9.94. The molecule has 1 aliphatic heterocycles. The van der Waals surface area contributed by atoms with Crippen molar-refractivity contribution in [1.29, 1.82) is 0 Å². The first-order valence-electron chi connectivity index (χ1n) is 8.61. The van der Waals surface area contributed by atoms with Crippen molar-refractivity contribution in [2.24, 2.45) is 0 Å². The van der Waals surface area contributed by atoms with Gasteiger partial charge in [-0.05, 0) is 54.8 Å². The van der Waals surface area contributed by atoms with Crippen LogP contribution in [0.5, 0.6) is 5.75 Å². The summed E-state index contributed by atoms with van der Waals surface area (Å²) in [6, 6.07) is 15.3. The summed E-state index contributed by atoms with van der Waals surface area (Å²) in [7, 11) is 1.63. The van der Waals surface area contributed by atoms with Crippen molar-refractivity contribution in [1.82, 2.24) is 4.90 Å². The van der Waals surface area contributed by atoms with E-state index in [0.717, 1.165) is 48.8 Å². The number of urea groups is 1. The number of methoxy groups -OCH3 is 1. The maximum Gasteiger partial charge on any atom is 0.321 e. The molecule has 1 aliphatic rings. The molecule has 1 unspecified atom stereocenters. The van der Waals surface area contributed by atoms with Crippen molar-refractivity contribution in [3.63, 3.8) is 0 Å². The van der Waals surface area contributed by atoms with E-state index in [1.165, 1.54) is 5.56 Å². The van der Waals surface area contributed by atoms with Gasteiger partial charge in [0.1, 0.15) is 5.75 Å². The third-order valence-corrected chi connectivity index (χ3v) is 4.89. The van der Waals surface area contributed by atoms with Crippen LogP contribution in [-0.4, -0.2) is 31.1 Å². The fourth-order valence-electron chi connectivity index (χ4n) is 3.21. The number of hydrogen-bond acceptors (Lipinski definition) is 2. The molecule has 2 aromatic rings. The van der Waals surface area contributed by atoms with E-state index in [9.17, 15) is 4.79 Å². The Kier molecular flexibility index (Phi) is 5.82. The minimum absolute atomic E-state index is 0.0500. The quantitative estimate of drug-likeness (QED) is 0.824. The zero-order valence-electron chi connectivity index (χ0n) is 14.4. The number of rotatable bonds is 3. The highest BCUT2D eigenvalue weighted by atomic mass is 35.5. The number of halogens is 1. The molecule has 2 aromatic carbocycles. The summed E-state index contributed by atoms with van der Waals surface area (Å²) < 4.78 is 5.15. The molecule has 1 saturated heterocycles. The molecular weight excluding hydrogens is 336 g/mol. The topological polar surface area (TPSA) is 41.6 Å². The Morgan fingerprint density at radius 2 is 1.84 bits per heavy atom. The average Bonchev–Trinajstić information content (AvgIpc) is 2.89. The van der Waals surface area contributed by atoms with E-state index < -0.39 is 0 Å². The molecule has 4 nitrogen and oxygen atoms in total. The molecule has 0 aliphatic carbocycles. The summed E-state index contributed by atoms with van der Waals surface area (Å²) in [5.41, 5.74) is 2.02. The van der Waals surface area contributed by atoms with Crippen LogP contribution in [0.25, 0.3) is 0 Å². The zero-order valence-corrected chi connectivity index (χ0v) is 15.1. The van der Waals surface area contributed by atoms with E-state index in [4.69, 9.17) is 16.3 Å². The molecule has 0 bridgehead atoms. The monoisotopic (exact) mass is 358 g/mol. The van der Waals surface area contributed by atoms with E-state index >= 15 is 0 Å². The van der Waals surface area contributed by atoms with Crippen LogP contribution in [0, 0.1) is 0 Å². The molecule has 132 valence electrons. The summed E-state index contributed by atoms with van der Waals surface area (Å²) in [4.78, 5) is 14.6. The fraction of sp³-hybridized carbons (Fsp3) is 0.350. The van der Waals surface area contributed by atoms with Gasteiger partial charge in [0.15, 0.2) is 0 Å². The van der Waals surface area contributed by atoms with Crippen molar-refractivity contribution in [3.8, 4) is 5.75 Å². The molecule has 0 spiro atoms. The predicted octanol–water partition coefficient (Wildman–Crippen LogP) is 5.15. The van der Waals surface area contributed by atoms with E-state index in [1.54, 1.807) is 7.11 Å². The second kappa shape index (κ2) is 8.26. The van der Waals surface area contributed by atoms with Gasteiger partial charge in [0, 0.05) is 29.7 Å². The molecule has 0 radical (unpaired) electrons. The predicted molar refractivity (Wildman–Crippen MR) is 102 cm³/mol. The summed E-state index contributed by atoms with van der Waals surface area (Å²) in [5, 5.41) is 3.72. The Balaban J connectivity index is 1.67. The summed E-state index contributed by atoms with van der Waals surface area (Å²) in [6.07, 6.45) is 3.24. The van der Waals surface area contributed by atoms with Gasteiger partial charge in [0.2, 0.25) is 0 Å². The van der Waals surface area contributed by atoms with Crippen molar-refractivity contribution in [3.05, 3.63) is 59.1 Å². The third kappa shape index (κ3) is 4.67. The van der Waals surface area contributed by atoms with Crippen LogP contribution < -0.4 is 10.1 Å². The Morgan fingerprint density at radius 1 is 1.12 bits per heavy atom. The summed E-state index contributed by atoms with van der Waals surface area (Å²) in [6.45, 7) is 1.51. The van der Waals surface area contributed by atoms with Gasteiger partial charge >= 0.3 is 6.03 Å². The van der Waals surface area contributed by atoms with Crippen LogP contribution in [0.2, 0.25) is 5.02 Å². The average molecular weight is 359 g/mol. The Labute approximate surface area is 153 Å². The Morgan fingerprint density at radius 3 is 2.52 bits per heavy atom. The van der Waals surface area contributed by atoms with Crippen molar-refractivity contribution in [2.75, 3.05) is 25.5 Å². The van der Waals surface area contributed by atoms with Gasteiger partial charge in [-0.3, -0.25) is 0 Å². The zero-order chi connectivity index (χ0) is 17.6. The van der Waals surface area contributed by atoms with E-state index in [0.29, 0.717) is 5.92 Å². The van der Waals surface area contributed by atoms with Crippen LogP contribution in [0.15, 0.2) is 48.5 Å². The molecule has 2 amide bonds. The molecule has 1 atom stereocenters. The second-order valence-electron chi connectivity index (χ2n) is 6.35. The lowest BCUT2D eigenvalue weighted by molar-refractivity contribution is 0.211. The van der Waals surface area contributed by atoms with Gasteiger partial charge in [0.25, 0.3) is 0 Å². The Bertz CT molecular complexity index is 701. The standard InChI is InChI=1S/C20H23ClN2O2/c1-25-19-11-9-18(10-12-19)22-20(24)23-13-3-2-4-16(14-23)15-5-7-17(21)8-6-15/h5-12,16H,2-4,13-14H2,1H3,(H,22,24). The van der Waals surface area contributed by atoms with Gasteiger partial charge in [-0.15, -0.1) is 0 Å². The van der Waals surface area contributed by atoms with Crippen LogP contribution >= 0.6 is 11.6 Å². The van der Waals surface area contributed by atoms with Crippen LogP contribution in [0.3, 0.4) is 0 Å². The number of carbonyl (C=O) groups is 1. The van der Waals surface area contributed by atoms with Crippen molar-refractivity contribution in [2.45, 2.75) is 25.2 Å². The van der Waals surface area contributed by atoms with Crippen LogP contribution in [-0.2, 0) is 0 Å². The smallest absolute Gasteiger partial charge is 0.321 e. The maximum atomic E-state index is 12.7. The number of likely N-dealkylation sites (tertiary alicyclic amines) is 1. The van der Waals surface area contributed by atoms with Gasteiger partial charge in [-0.25, -0.2) is 4.79 Å². The molecular formula is C20H23ClN2O2. The largest absolute Gasteiger partial charge is 0.497 e. The second-order valence-corrected chi connectivity index (χ2v) is 6.79. The SMILES string of the molecule is COc1ccc(NC(=O)N2CCCCC(c3ccc(Cl)cc3)C2)cc1. The highest BCUT2D eigenvalue weighted by Crippen LogP contribution is 2.28. The summed E-state index contributed by atoms with van der Waals surface area (Å²) >= 11 is 5.99. The van der Waals surface area contributed by atoms with Crippen LogP contribution in [0.1, 0.15) is 30.7 Å². The first-order valence-corrected chi connectivity index (χ1v) is 8.99. The molecule has 0 saturated carbocycles. The van der Waals surface area contributed by atoms with E-state index in [1.807, 2.05) is 41.3 Å². The molecule has 1 fully saturated rings.